The highest BCUT2D eigenvalue weighted by atomic mass is 35.5. The van der Waals surface area contributed by atoms with E-state index in [1.807, 2.05) is 6.92 Å². The summed E-state index contributed by atoms with van der Waals surface area (Å²) in [6.07, 6.45) is 0.284. The first kappa shape index (κ1) is 23.6. The van der Waals surface area contributed by atoms with Gasteiger partial charge in [0.25, 0.3) is 5.69 Å². The maximum absolute atomic E-state index is 13.1. The molecule has 1 fully saturated rings. The van der Waals surface area contributed by atoms with Crippen LogP contribution in [-0.4, -0.2) is 56.5 Å². The maximum Gasteiger partial charge on any atom is 0.275 e. The largest absolute Gasteiger partial charge is 0.275 e. The Morgan fingerprint density at radius 3 is 1.90 bits per heavy atom. The van der Waals surface area contributed by atoms with Crippen molar-refractivity contribution < 1.29 is 21.8 Å². The van der Waals surface area contributed by atoms with Gasteiger partial charge in [-0.15, -0.1) is 0 Å². The Morgan fingerprint density at radius 2 is 1.39 bits per heavy atom. The fourth-order valence-electron chi connectivity index (χ4n) is 3.34. The standard InChI is InChI=1S/C19H22ClN3O6S2/c1-14-4-6-16(7-5-14)30(26,27)21-8-3-9-22(11-10-21)31(28,29)17-12-18(20)15(2)19(13-17)23(24)25/h4-7,12-13H,3,8-11H2,1-2H3. The second-order valence-electron chi connectivity index (χ2n) is 7.28. The van der Waals surface area contributed by atoms with Crippen molar-refractivity contribution >= 4 is 37.3 Å². The third kappa shape index (κ3) is 4.75. The summed E-state index contributed by atoms with van der Waals surface area (Å²) in [6.45, 7) is 3.44. The molecule has 1 saturated heterocycles. The third-order valence-electron chi connectivity index (χ3n) is 5.20. The molecule has 0 aliphatic carbocycles. The number of halogens is 1. The van der Waals surface area contributed by atoms with Gasteiger partial charge in [0.2, 0.25) is 20.0 Å². The van der Waals surface area contributed by atoms with Gasteiger partial charge in [0, 0.05) is 37.8 Å². The Labute approximate surface area is 186 Å². The molecular weight excluding hydrogens is 466 g/mol. The van der Waals surface area contributed by atoms with E-state index in [0.717, 1.165) is 15.9 Å². The molecule has 2 aromatic carbocycles. The Hall–Kier alpha value is -2.05. The summed E-state index contributed by atoms with van der Waals surface area (Å²) in [6, 6.07) is 8.63. The van der Waals surface area contributed by atoms with Crippen molar-refractivity contribution in [2.24, 2.45) is 0 Å². The first-order chi connectivity index (χ1) is 14.4. The van der Waals surface area contributed by atoms with Crippen LogP contribution in [0.15, 0.2) is 46.2 Å². The lowest BCUT2D eigenvalue weighted by molar-refractivity contribution is -0.385. The summed E-state index contributed by atoms with van der Waals surface area (Å²) in [5.74, 6) is 0. The van der Waals surface area contributed by atoms with Crippen molar-refractivity contribution in [3.63, 3.8) is 0 Å². The molecule has 31 heavy (non-hydrogen) atoms. The highest BCUT2D eigenvalue weighted by Gasteiger charge is 2.33. The molecule has 0 unspecified atom stereocenters. The zero-order valence-electron chi connectivity index (χ0n) is 17.0. The molecule has 2 aromatic rings. The second-order valence-corrected chi connectivity index (χ2v) is 11.6. The van der Waals surface area contributed by atoms with Gasteiger partial charge in [-0.2, -0.15) is 8.61 Å². The summed E-state index contributed by atoms with van der Waals surface area (Å²) in [4.78, 5) is 10.4. The third-order valence-corrected chi connectivity index (χ3v) is 9.38. The Balaban J connectivity index is 1.86. The molecule has 12 heteroatoms. The van der Waals surface area contributed by atoms with Crippen LogP contribution < -0.4 is 0 Å². The molecule has 0 N–H and O–H groups in total. The summed E-state index contributed by atoms with van der Waals surface area (Å²) in [7, 11) is -7.86. The van der Waals surface area contributed by atoms with Crippen molar-refractivity contribution in [1.29, 1.82) is 0 Å². The van der Waals surface area contributed by atoms with Gasteiger partial charge in [0.15, 0.2) is 0 Å². The first-order valence-corrected chi connectivity index (χ1v) is 12.7. The maximum atomic E-state index is 13.1. The van der Waals surface area contributed by atoms with Crippen molar-refractivity contribution in [3.05, 3.63) is 62.7 Å². The lowest BCUT2D eigenvalue weighted by Crippen LogP contribution is -2.37. The summed E-state index contributed by atoms with van der Waals surface area (Å²) < 4.78 is 54.5. The quantitative estimate of drug-likeness (QED) is 0.472. The van der Waals surface area contributed by atoms with E-state index in [9.17, 15) is 26.9 Å². The van der Waals surface area contributed by atoms with Crippen molar-refractivity contribution in [2.45, 2.75) is 30.1 Å². The van der Waals surface area contributed by atoms with E-state index in [1.54, 1.807) is 12.1 Å². The SMILES string of the molecule is Cc1ccc(S(=O)(=O)N2CCCN(S(=O)(=O)c3cc(Cl)c(C)c([N+](=O)[O-])c3)CC2)cc1. The molecule has 1 aliphatic heterocycles. The molecule has 9 nitrogen and oxygen atoms in total. The van der Waals surface area contributed by atoms with Crippen LogP contribution in [-0.2, 0) is 20.0 Å². The average molecular weight is 488 g/mol. The van der Waals surface area contributed by atoms with E-state index < -0.39 is 25.0 Å². The van der Waals surface area contributed by atoms with E-state index in [0.29, 0.717) is 0 Å². The zero-order valence-corrected chi connectivity index (χ0v) is 19.4. The van der Waals surface area contributed by atoms with Gasteiger partial charge in [-0.1, -0.05) is 29.3 Å². The highest BCUT2D eigenvalue weighted by Crippen LogP contribution is 2.31. The number of aryl methyl sites for hydroxylation is 1. The number of hydrogen-bond acceptors (Lipinski definition) is 6. The van der Waals surface area contributed by atoms with Gasteiger partial charge in [-0.05, 0) is 38.5 Å². The Morgan fingerprint density at radius 1 is 0.871 bits per heavy atom. The van der Waals surface area contributed by atoms with Crippen LogP contribution in [0.4, 0.5) is 5.69 Å². The molecule has 0 spiro atoms. The Bertz CT molecular complexity index is 1210. The molecule has 0 atom stereocenters. The van der Waals surface area contributed by atoms with Crippen LogP contribution in [0.5, 0.6) is 0 Å². The summed E-state index contributed by atoms with van der Waals surface area (Å²) >= 11 is 6.03. The molecular formula is C19H22ClN3O6S2. The number of nitro groups is 1. The van der Waals surface area contributed by atoms with E-state index >= 15 is 0 Å². The van der Waals surface area contributed by atoms with E-state index in [2.05, 4.69) is 0 Å². The first-order valence-electron chi connectivity index (χ1n) is 9.46. The van der Waals surface area contributed by atoms with Crippen LogP contribution in [0.3, 0.4) is 0 Å². The van der Waals surface area contributed by atoms with Crippen LogP contribution in [0.1, 0.15) is 17.5 Å². The summed E-state index contributed by atoms with van der Waals surface area (Å²) in [5, 5.41) is 11.2. The zero-order chi connectivity index (χ0) is 23.0. The lowest BCUT2D eigenvalue weighted by Gasteiger charge is -2.22. The second kappa shape index (κ2) is 8.83. The normalized spacial score (nSPS) is 16.7. The minimum atomic E-state index is -4.10. The molecule has 0 bridgehead atoms. The molecule has 168 valence electrons. The average Bonchev–Trinajstić information content (AvgIpc) is 2.97. The minimum Gasteiger partial charge on any atom is -0.258 e. The fraction of sp³-hybridized carbons (Fsp3) is 0.368. The van der Waals surface area contributed by atoms with Gasteiger partial charge in [-0.3, -0.25) is 10.1 Å². The van der Waals surface area contributed by atoms with Gasteiger partial charge in [0.1, 0.15) is 0 Å². The van der Waals surface area contributed by atoms with Gasteiger partial charge in [-0.25, -0.2) is 16.8 Å². The van der Waals surface area contributed by atoms with Crippen LogP contribution in [0.25, 0.3) is 0 Å². The van der Waals surface area contributed by atoms with Crippen LogP contribution >= 0.6 is 11.6 Å². The smallest absolute Gasteiger partial charge is 0.258 e. The number of nitrogens with zero attached hydrogens (tertiary/aromatic N) is 3. The van der Waals surface area contributed by atoms with Gasteiger partial charge >= 0.3 is 0 Å². The highest BCUT2D eigenvalue weighted by molar-refractivity contribution is 7.89. The number of nitro benzene ring substituents is 1. The van der Waals surface area contributed by atoms with Gasteiger partial charge in [0.05, 0.1) is 19.7 Å². The number of hydrogen-bond donors (Lipinski definition) is 0. The number of sulfonamides is 2. The lowest BCUT2D eigenvalue weighted by atomic mass is 10.2. The molecule has 0 aromatic heterocycles. The monoisotopic (exact) mass is 487 g/mol. The molecule has 1 heterocycles. The van der Waals surface area contributed by atoms with Crippen molar-refractivity contribution in [2.75, 3.05) is 26.2 Å². The topological polar surface area (TPSA) is 118 Å². The number of rotatable bonds is 5. The predicted octanol–water partition coefficient (Wildman–Crippen LogP) is 2.95. The minimum absolute atomic E-state index is 0.0221. The summed E-state index contributed by atoms with van der Waals surface area (Å²) in [5.41, 5.74) is 0.722. The van der Waals surface area contributed by atoms with Gasteiger partial charge < -0.3 is 0 Å². The molecule has 0 saturated carbocycles. The van der Waals surface area contributed by atoms with Crippen molar-refractivity contribution in [1.82, 2.24) is 8.61 Å². The fourth-order valence-corrected chi connectivity index (χ4v) is 6.60. The Kier molecular flexibility index (Phi) is 6.72. The van der Waals surface area contributed by atoms with Crippen molar-refractivity contribution in [3.8, 4) is 0 Å². The van der Waals surface area contributed by atoms with E-state index in [4.69, 9.17) is 11.6 Å². The van der Waals surface area contributed by atoms with E-state index in [-0.39, 0.29) is 58.7 Å². The molecule has 0 radical (unpaired) electrons. The molecule has 1 aliphatic rings. The number of benzene rings is 2. The molecule has 0 amide bonds. The van der Waals surface area contributed by atoms with Crippen LogP contribution in [0, 0.1) is 24.0 Å². The van der Waals surface area contributed by atoms with E-state index in [1.165, 1.54) is 29.4 Å². The predicted molar refractivity (Wildman–Crippen MR) is 116 cm³/mol. The van der Waals surface area contributed by atoms with Crippen LogP contribution in [0.2, 0.25) is 5.02 Å². The molecule has 3 rings (SSSR count).